The van der Waals surface area contributed by atoms with E-state index in [1.54, 1.807) is 18.3 Å². The second kappa shape index (κ2) is 11.1. The van der Waals surface area contributed by atoms with Gasteiger partial charge < -0.3 is 19.1 Å². The zero-order chi connectivity index (χ0) is 24.7. The van der Waals surface area contributed by atoms with Gasteiger partial charge in [0.1, 0.15) is 17.3 Å². The van der Waals surface area contributed by atoms with Gasteiger partial charge in [0.25, 0.3) is 0 Å². The summed E-state index contributed by atoms with van der Waals surface area (Å²) in [7, 11) is 0. The molecule has 0 saturated carbocycles. The Morgan fingerprint density at radius 2 is 1.85 bits per heavy atom. The van der Waals surface area contributed by atoms with E-state index >= 15 is 0 Å². The molecule has 3 rings (SSSR count). The first kappa shape index (κ1) is 25.2. The number of halogens is 3. The number of rotatable bonds is 11. The summed E-state index contributed by atoms with van der Waals surface area (Å²) >= 11 is 0. The van der Waals surface area contributed by atoms with Gasteiger partial charge in [-0.1, -0.05) is 31.7 Å². The molecule has 1 atom stereocenters. The van der Waals surface area contributed by atoms with Crippen LogP contribution in [0.25, 0.3) is 11.4 Å². The highest BCUT2D eigenvalue weighted by Crippen LogP contribution is 2.28. The number of aliphatic hydroxyl groups is 1. The van der Waals surface area contributed by atoms with Crippen LogP contribution in [0.2, 0.25) is 0 Å². The first-order valence-corrected chi connectivity index (χ1v) is 11.1. The zero-order valence-corrected chi connectivity index (χ0v) is 19.3. The smallest absolute Gasteiger partial charge is 0.513 e. The van der Waals surface area contributed by atoms with E-state index in [9.17, 15) is 18.3 Å². The molecule has 0 fully saturated rings. The SMILES string of the molecule is C=C(O)C[C@H](C)CCCOc1ccccc1Cn1c(C)cnc1-c1ccc(OC(F)(F)F)cc1. The lowest BCUT2D eigenvalue weighted by Crippen LogP contribution is -2.17. The van der Waals surface area contributed by atoms with Crippen LogP contribution in [0.1, 0.15) is 37.4 Å². The molecule has 34 heavy (non-hydrogen) atoms. The van der Waals surface area contributed by atoms with Crippen molar-refractivity contribution >= 4 is 0 Å². The fourth-order valence-corrected chi connectivity index (χ4v) is 3.76. The van der Waals surface area contributed by atoms with Crippen molar-refractivity contribution in [1.29, 1.82) is 0 Å². The third-order valence-electron chi connectivity index (χ3n) is 5.39. The number of benzene rings is 2. The normalized spacial score (nSPS) is 12.4. The predicted octanol–water partition coefficient (Wildman–Crippen LogP) is 7.06. The number of aromatic nitrogens is 2. The second-order valence-corrected chi connectivity index (χ2v) is 8.36. The van der Waals surface area contributed by atoms with Gasteiger partial charge in [-0.25, -0.2) is 4.98 Å². The van der Waals surface area contributed by atoms with Crippen molar-refractivity contribution < 1.29 is 27.8 Å². The van der Waals surface area contributed by atoms with Crippen molar-refractivity contribution in [1.82, 2.24) is 9.55 Å². The molecule has 5 nitrogen and oxygen atoms in total. The minimum atomic E-state index is -4.73. The second-order valence-electron chi connectivity index (χ2n) is 8.36. The van der Waals surface area contributed by atoms with Gasteiger partial charge >= 0.3 is 6.36 Å². The average molecular weight is 475 g/mol. The fraction of sp³-hybridized carbons (Fsp3) is 0.346. The van der Waals surface area contributed by atoms with Gasteiger partial charge in [0.05, 0.1) is 18.9 Å². The van der Waals surface area contributed by atoms with E-state index in [2.05, 4.69) is 23.2 Å². The molecule has 182 valence electrons. The first-order valence-electron chi connectivity index (χ1n) is 11.1. The van der Waals surface area contributed by atoms with Crippen LogP contribution >= 0.6 is 0 Å². The molecule has 1 heterocycles. The minimum Gasteiger partial charge on any atom is -0.513 e. The monoisotopic (exact) mass is 474 g/mol. The molecule has 0 unspecified atom stereocenters. The summed E-state index contributed by atoms with van der Waals surface area (Å²) in [4.78, 5) is 4.47. The highest BCUT2D eigenvalue weighted by Gasteiger charge is 2.31. The first-order chi connectivity index (χ1) is 16.1. The molecular weight excluding hydrogens is 445 g/mol. The summed E-state index contributed by atoms with van der Waals surface area (Å²) in [5.74, 6) is 1.68. The van der Waals surface area contributed by atoms with Crippen LogP contribution in [0.4, 0.5) is 13.2 Å². The Kier molecular flexibility index (Phi) is 8.26. The Hall–Kier alpha value is -3.42. The maximum absolute atomic E-state index is 12.4. The van der Waals surface area contributed by atoms with Crippen molar-refractivity contribution in [3.05, 3.63) is 78.3 Å². The number of para-hydroxylation sites is 1. The lowest BCUT2D eigenvalue weighted by Gasteiger charge is -2.16. The third kappa shape index (κ3) is 7.30. The number of hydrogen-bond donors (Lipinski definition) is 1. The number of alkyl halides is 3. The van der Waals surface area contributed by atoms with Crippen LogP contribution in [0.5, 0.6) is 11.5 Å². The van der Waals surface area contributed by atoms with Crippen LogP contribution in [0.15, 0.2) is 67.1 Å². The van der Waals surface area contributed by atoms with E-state index in [0.29, 0.717) is 36.9 Å². The van der Waals surface area contributed by atoms with Crippen LogP contribution in [-0.4, -0.2) is 27.6 Å². The molecular formula is C26H29F3N2O3. The summed E-state index contributed by atoms with van der Waals surface area (Å²) in [6.07, 6.45) is -0.644. The lowest BCUT2D eigenvalue weighted by molar-refractivity contribution is -0.274. The fourth-order valence-electron chi connectivity index (χ4n) is 3.76. The van der Waals surface area contributed by atoms with Gasteiger partial charge in [0.15, 0.2) is 0 Å². The Morgan fingerprint density at radius 1 is 1.15 bits per heavy atom. The largest absolute Gasteiger partial charge is 0.573 e. The molecule has 8 heteroatoms. The van der Waals surface area contributed by atoms with E-state index < -0.39 is 6.36 Å². The molecule has 0 radical (unpaired) electrons. The van der Waals surface area contributed by atoms with Crippen molar-refractivity contribution in [2.45, 2.75) is 46.0 Å². The topological polar surface area (TPSA) is 56.5 Å². The number of nitrogens with zero attached hydrogens (tertiary/aromatic N) is 2. The molecule has 0 bridgehead atoms. The van der Waals surface area contributed by atoms with E-state index in [1.165, 1.54) is 12.1 Å². The Labute approximate surface area is 197 Å². The standard InChI is InChI=1S/C26H29F3N2O3/c1-18(15-20(3)32)7-6-14-33-24-9-5-4-8-22(24)17-31-19(2)16-30-25(31)21-10-12-23(13-11-21)34-26(27,28)29/h4-5,8-13,16,18,32H,3,6-7,14-15,17H2,1-2H3/t18-/m1/s1. The third-order valence-corrected chi connectivity index (χ3v) is 5.39. The van der Waals surface area contributed by atoms with Gasteiger partial charge in [-0.3, -0.25) is 0 Å². The van der Waals surface area contributed by atoms with Gasteiger partial charge in [-0.05, 0) is 56.0 Å². The number of imidazole rings is 1. The highest BCUT2D eigenvalue weighted by atomic mass is 19.4. The maximum Gasteiger partial charge on any atom is 0.573 e. The van der Waals surface area contributed by atoms with E-state index in [1.807, 2.05) is 35.8 Å². The predicted molar refractivity (Wildman–Crippen MR) is 125 cm³/mol. The Morgan fingerprint density at radius 3 is 2.53 bits per heavy atom. The number of aliphatic hydroxyl groups excluding tert-OH is 1. The summed E-state index contributed by atoms with van der Waals surface area (Å²) in [5, 5.41) is 9.32. The van der Waals surface area contributed by atoms with E-state index in [0.717, 1.165) is 29.8 Å². The number of allylic oxidation sites excluding steroid dienone is 1. The van der Waals surface area contributed by atoms with Crippen LogP contribution < -0.4 is 9.47 Å². The molecule has 1 aromatic heterocycles. The van der Waals surface area contributed by atoms with E-state index in [4.69, 9.17) is 4.74 Å². The van der Waals surface area contributed by atoms with Crippen LogP contribution in [0, 0.1) is 12.8 Å². The van der Waals surface area contributed by atoms with Crippen molar-refractivity contribution in [3.8, 4) is 22.9 Å². The van der Waals surface area contributed by atoms with Gasteiger partial charge in [-0.15, -0.1) is 13.2 Å². The molecule has 0 aliphatic carbocycles. The van der Waals surface area contributed by atoms with Crippen molar-refractivity contribution in [2.24, 2.45) is 5.92 Å². The summed E-state index contributed by atoms with van der Waals surface area (Å²) < 4.78 is 49.4. The summed E-state index contributed by atoms with van der Waals surface area (Å²) in [5.41, 5.74) is 2.57. The van der Waals surface area contributed by atoms with Gasteiger partial charge in [0, 0.05) is 29.4 Å². The van der Waals surface area contributed by atoms with Crippen LogP contribution in [-0.2, 0) is 6.54 Å². The highest BCUT2D eigenvalue weighted by molar-refractivity contribution is 5.58. The molecule has 2 aromatic carbocycles. The van der Waals surface area contributed by atoms with Crippen molar-refractivity contribution in [2.75, 3.05) is 6.61 Å². The maximum atomic E-state index is 12.4. The number of ether oxygens (including phenoxy) is 2. The summed E-state index contributed by atoms with van der Waals surface area (Å²) in [6.45, 7) is 8.59. The molecule has 0 aliphatic rings. The molecule has 0 saturated heterocycles. The quantitative estimate of drug-likeness (QED) is 0.239. The Balaban J connectivity index is 1.70. The van der Waals surface area contributed by atoms with Crippen molar-refractivity contribution in [3.63, 3.8) is 0 Å². The molecule has 0 aliphatic heterocycles. The lowest BCUT2D eigenvalue weighted by atomic mass is 10.0. The molecule has 3 aromatic rings. The van der Waals surface area contributed by atoms with Gasteiger partial charge in [0.2, 0.25) is 0 Å². The number of aryl methyl sites for hydroxylation is 1. The zero-order valence-electron chi connectivity index (χ0n) is 19.3. The minimum absolute atomic E-state index is 0.202. The van der Waals surface area contributed by atoms with Crippen LogP contribution in [0.3, 0.4) is 0 Å². The average Bonchev–Trinajstić information content (AvgIpc) is 3.11. The van der Waals surface area contributed by atoms with E-state index in [-0.39, 0.29) is 11.5 Å². The summed E-state index contributed by atoms with van der Waals surface area (Å²) in [6, 6.07) is 13.4. The molecule has 0 spiro atoms. The van der Waals surface area contributed by atoms with Gasteiger partial charge in [-0.2, -0.15) is 0 Å². The number of hydrogen-bond acceptors (Lipinski definition) is 4. The molecule has 0 amide bonds. The Bertz CT molecular complexity index is 1090. The molecule has 1 N–H and O–H groups in total.